The van der Waals surface area contributed by atoms with Gasteiger partial charge in [0.25, 0.3) is 5.91 Å². The van der Waals surface area contributed by atoms with Crippen molar-refractivity contribution in [2.24, 2.45) is 0 Å². The van der Waals surface area contributed by atoms with Gasteiger partial charge in [0.15, 0.2) is 11.5 Å². The van der Waals surface area contributed by atoms with E-state index in [1.807, 2.05) is 30.3 Å². The third-order valence-electron chi connectivity index (χ3n) is 4.57. The number of amides is 2. The Labute approximate surface area is 164 Å². The number of hydrogen-bond donors (Lipinski definition) is 1. The first kappa shape index (κ1) is 19.7. The van der Waals surface area contributed by atoms with Gasteiger partial charge in [-0.05, 0) is 17.7 Å². The second-order valence-corrected chi connectivity index (χ2v) is 6.44. The maximum absolute atomic E-state index is 12.6. The predicted molar refractivity (Wildman–Crippen MR) is 103 cm³/mol. The van der Waals surface area contributed by atoms with Gasteiger partial charge in [0.2, 0.25) is 5.91 Å². The van der Waals surface area contributed by atoms with E-state index in [0.717, 1.165) is 5.56 Å². The van der Waals surface area contributed by atoms with Crippen molar-refractivity contribution in [2.75, 3.05) is 33.9 Å². The summed E-state index contributed by atoms with van der Waals surface area (Å²) in [5.74, 6) is 0.531. The Hall–Kier alpha value is -3.06. The Kier molecular flexibility index (Phi) is 6.49. The highest BCUT2D eigenvalue weighted by Crippen LogP contribution is 2.30. The predicted octanol–water partition coefficient (Wildman–Crippen LogP) is 1.86. The van der Waals surface area contributed by atoms with Gasteiger partial charge in [-0.25, -0.2) is 0 Å². The maximum Gasteiger partial charge on any atom is 0.255 e. The van der Waals surface area contributed by atoms with Crippen molar-refractivity contribution < 1.29 is 23.8 Å². The Balaban J connectivity index is 1.60. The quantitative estimate of drug-likeness (QED) is 0.789. The van der Waals surface area contributed by atoms with Crippen LogP contribution >= 0.6 is 0 Å². The van der Waals surface area contributed by atoms with Crippen LogP contribution in [-0.2, 0) is 16.1 Å². The van der Waals surface area contributed by atoms with Gasteiger partial charge in [0.05, 0.1) is 25.9 Å². The zero-order valence-electron chi connectivity index (χ0n) is 16.0. The minimum absolute atomic E-state index is 0.00977. The van der Waals surface area contributed by atoms with Crippen LogP contribution in [-0.4, -0.2) is 56.7 Å². The van der Waals surface area contributed by atoms with E-state index in [1.54, 1.807) is 23.1 Å². The summed E-state index contributed by atoms with van der Waals surface area (Å²) in [6.45, 7) is 1.24. The molecule has 148 valence electrons. The van der Waals surface area contributed by atoms with Crippen LogP contribution < -0.4 is 14.8 Å². The van der Waals surface area contributed by atoms with Crippen LogP contribution in [0.4, 0.5) is 0 Å². The molecule has 1 aliphatic heterocycles. The van der Waals surface area contributed by atoms with Gasteiger partial charge >= 0.3 is 0 Å². The second kappa shape index (κ2) is 9.23. The number of methoxy groups -OCH3 is 2. The minimum Gasteiger partial charge on any atom is -0.493 e. The molecular weight excluding hydrogens is 360 g/mol. The topological polar surface area (TPSA) is 77.1 Å². The highest BCUT2D eigenvalue weighted by Gasteiger charge is 2.27. The minimum atomic E-state index is -0.286. The Morgan fingerprint density at radius 2 is 1.93 bits per heavy atom. The molecule has 1 atom stereocenters. The van der Waals surface area contributed by atoms with E-state index in [2.05, 4.69) is 5.32 Å². The average Bonchev–Trinajstić information content (AvgIpc) is 2.74. The molecule has 1 heterocycles. The number of benzene rings is 2. The van der Waals surface area contributed by atoms with E-state index in [1.165, 1.54) is 14.2 Å². The number of carbonyl (C=O) groups excluding carboxylic acids is 2. The molecule has 0 bridgehead atoms. The summed E-state index contributed by atoms with van der Waals surface area (Å²) in [5.41, 5.74) is 1.44. The van der Waals surface area contributed by atoms with Gasteiger partial charge in [0, 0.05) is 19.6 Å². The van der Waals surface area contributed by atoms with Gasteiger partial charge in [0.1, 0.15) is 6.61 Å². The van der Waals surface area contributed by atoms with Crippen molar-refractivity contribution in [3.63, 3.8) is 0 Å². The van der Waals surface area contributed by atoms with Crippen LogP contribution in [0.2, 0.25) is 0 Å². The van der Waals surface area contributed by atoms with E-state index in [0.29, 0.717) is 30.2 Å². The van der Waals surface area contributed by atoms with E-state index in [-0.39, 0.29) is 31.1 Å². The molecule has 2 amide bonds. The van der Waals surface area contributed by atoms with E-state index >= 15 is 0 Å². The number of carbonyl (C=O) groups is 2. The van der Waals surface area contributed by atoms with Gasteiger partial charge < -0.3 is 24.4 Å². The third-order valence-corrected chi connectivity index (χ3v) is 4.57. The molecule has 0 radical (unpaired) electrons. The second-order valence-electron chi connectivity index (χ2n) is 6.44. The fourth-order valence-electron chi connectivity index (χ4n) is 3.13. The highest BCUT2D eigenvalue weighted by atomic mass is 16.5. The molecule has 1 unspecified atom stereocenters. The summed E-state index contributed by atoms with van der Waals surface area (Å²) in [4.78, 5) is 26.5. The molecule has 1 fully saturated rings. The van der Waals surface area contributed by atoms with Crippen molar-refractivity contribution >= 4 is 11.8 Å². The maximum atomic E-state index is 12.6. The monoisotopic (exact) mass is 384 g/mol. The number of rotatable bonds is 7. The number of morpholine rings is 1. The molecule has 2 aromatic carbocycles. The number of hydrogen-bond acceptors (Lipinski definition) is 5. The zero-order chi connectivity index (χ0) is 19.9. The standard InChI is InChI=1S/C21H24N2O5/c1-26-18-10-6-9-17(20(18)27-2)21(25)22-11-16-13-23(19(24)14-28-16)12-15-7-4-3-5-8-15/h3-10,16H,11-14H2,1-2H3,(H,22,25). The van der Waals surface area contributed by atoms with Crippen molar-refractivity contribution in [2.45, 2.75) is 12.6 Å². The molecule has 7 heteroatoms. The molecule has 0 saturated carbocycles. The van der Waals surface area contributed by atoms with Crippen molar-refractivity contribution in [1.82, 2.24) is 10.2 Å². The number of ether oxygens (including phenoxy) is 3. The normalized spacial score (nSPS) is 16.6. The van der Waals surface area contributed by atoms with Gasteiger partial charge in [-0.15, -0.1) is 0 Å². The van der Waals surface area contributed by atoms with Gasteiger partial charge in [-0.1, -0.05) is 36.4 Å². The van der Waals surface area contributed by atoms with Crippen LogP contribution in [0.15, 0.2) is 48.5 Å². The first-order valence-corrected chi connectivity index (χ1v) is 9.05. The molecular formula is C21H24N2O5. The van der Waals surface area contributed by atoms with E-state index in [9.17, 15) is 9.59 Å². The summed E-state index contributed by atoms with van der Waals surface area (Å²) < 4.78 is 16.1. The summed E-state index contributed by atoms with van der Waals surface area (Å²) in [7, 11) is 3.01. The van der Waals surface area contributed by atoms with Crippen molar-refractivity contribution in [3.05, 3.63) is 59.7 Å². The zero-order valence-corrected chi connectivity index (χ0v) is 16.0. The molecule has 3 rings (SSSR count). The first-order valence-electron chi connectivity index (χ1n) is 9.05. The molecule has 28 heavy (non-hydrogen) atoms. The average molecular weight is 384 g/mol. The Bertz CT molecular complexity index is 825. The van der Waals surface area contributed by atoms with Gasteiger partial charge in [-0.2, -0.15) is 0 Å². The molecule has 0 aromatic heterocycles. The van der Waals surface area contributed by atoms with Crippen LogP contribution in [0.5, 0.6) is 11.5 Å². The Morgan fingerprint density at radius 3 is 2.64 bits per heavy atom. The number of para-hydroxylation sites is 1. The SMILES string of the molecule is COc1cccc(C(=O)NCC2CN(Cc3ccccc3)C(=O)CO2)c1OC. The third kappa shape index (κ3) is 4.61. The van der Waals surface area contributed by atoms with Gasteiger partial charge in [-0.3, -0.25) is 9.59 Å². The Morgan fingerprint density at radius 1 is 1.14 bits per heavy atom. The van der Waals surface area contributed by atoms with Crippen LogP contribution in [0, 0.1) is 0 Å². The molecule has 0 spiro atoms. The lowest BCUT2D eigenvalue weighted by Crippen LogP contribution is -2.50. The van der Waals surface area contributed by atoms with Crippen LogP contribution in [0.3, 0.4) is 0 Å². The summed E-state index contributed by atoms with van der Waals surface area (Å²) in [6.07, 6.45) is -0.276. The smallest absolute Gasteiger partial charge is 0.255 e. The fourth-order valence-corrected chi connectivity index (χ4v) is 3.13. The molecule has 7 nitrogen and oxygen atoms in total. The molecule has 2 aromatic rings. The molecule has 1 aliphatic rings. The summed E-state index contributed by atoms with van der Waals surface area (Å²) >= 11 is 0. The molecule has 1 saturated heterocycles. The number of nitrogens with zero attached hydrogens (tertiary/aromatic N) is 1. The fraction of sp³-hybridized carbons (Fsp3) is 0.333. The highest BCUT2D eigenvalue weighted by molar-refractivity contribution is 5.97. The van der Waals surface area contributed by atoms with Crippen LogP contribution in [0.1, 0.15) is 15.9 Å². The van der Waals surface area contributed by atoms with Crippen LogP contribution in [0.25, 0.3) is 0 Å². The summed E-state index contributed by atoms with van der Waals surface area (Å²) in [6, 6.07) is 14.9. The largest absolute Gasteiger partial charge is 0.493 e. The van der Waals surface area contributed by atoms with Crippen molar-refractivity contribution in [1.29, 1.82) is 0 Å². The summed E-state index contributed by atoms with van der Waals surface area (Å²) in [5, 5.41) is 2.86. The molecule has 1 N–H and O–H groups in total. The van der Waals surface area contributed by atoms with E-state index in [4.69, 9.17) is 14.2 Å². The lowest BCUT2D eigenvalue weighted by molar-refractivity contribution is -0.149. The molecule has 0 aliphatic carbocycles. The van der Waals surface area contributed by atoms with Crippen molar-refractivity contribution in [3.8, 4) is 11.5 Å². The lowest BCUT2D eigenvalue weighted by Gasteiger charge is -2.33. The first-order chi connectivity index (χ1) is 13.6. The van der Waals surface area contributed by atoms with E-state index < -0.39 is 0 Å². The lowest BCUT2D eigenvalue weighted by atomic mass is 10.1. The number of nitrogens with one attached hydrogen (secondary N) is 1.